The second kappa shape index (κ2) is 7.06. The molecule has 1 aliphatic rings. The minimum absolute atomic E-state index is 0.0331. The van der Waals surface area contributed by atoms with E-state index in [1.54, 1.807) is 12.5 Å². The highest BCUT2D eigenvalue weighted by Crippen LogP contribution is 2.45. The van der Waals surface area contributed by atoms with Crippen LogP contribution >= 0.6 is 0 Å². The molecule has 3 rings (SSSR count). The quantitative estimate of drug-likeness (QED) is 0.769. The van der Waals surface area contributed by atoms with Crippen LogP contribution in [0.25, 0.3) is 0 Å². The van der Waals surface area contributed by atoms with E-state index in [0.29, 0.717) is 11.5 Å². The van der Waals surface area contributed by atoms with E-state index in [4.69, 9.17) is 20.0 Å². The van der Waals surface area contributed by atoms with Gasteiger partial charge >= 0.3 is 0 Å². The van der Waals surface area contributed by atoms with Gasteiger partial charge in [-0.2, -0.15) is 0 Å². The molecule has 24 heavy (non-hydrogen) atoms. The van der Waals surface area contributed by atoms with Crippen LogP contribution in [-0.4, -0.2) is 0 Å². The van der Waals surface area contributed by atoms with Crippen molar-refractivity contribution in [3.05, 3.63) is 59.7 Å². The van der Waals surface area contributed by atoms with Gasteiger partial charge in [0.15, 0.2) is 0 Å². The second-order valence-corrected chi connectivity index (χ2v) is 6.08. The van der Waals surface area contributed by atoms with Gasteiger partial charge in [-0.25, -0.2) is 0 Å². The van der Waals surface area contributed by atoms with Crippen molar-refractivity contribution in [3.8, 4) is 24.0 Å². The number of hydrogen-bond donors (Lipinski definition) is 0. The Labute approximate surface area is 141 Å². The number of nitrogens with zero attached hydrogens (tertiary/aromatic N) is 2. The summed E-state index contributed by atoms with van der Waals surface area (Å²) < 4.78 is 9.78. The summed E-state index contributed by atoms with van der Waals surface area (Å²) in [6.45, 7) is 0. The monoisotopic (exact) mass is 318 g/mol. The number of hydrogen-bond acceptors (Lipinski definition) is 4. The molecule has 4 nitrogen and oxygen atoms in total. The fourth-order valence-corrected chi connectivity index (χ4v) is 3.69. The molecule has 0 aliphatic heterocycles. The lowest BCUT2D eigenvalue weighted by atomic mass is 9.65. The van der Waals surface area contributed by atoms with E-state index < -0.39 is 0 Å². The molecule has 0 amide bonds. The lowest BCUT2D eigenvalue weighted by Crippen LogP contribution is -2.30. The van der Waals surface area contributed by atoms with Gasteiger partial charge in [0.2, 0.25) is 0 Å². The van der Waals surface area contributed by atoms with Gasteiger partial charge < -0.3 is 9.47 Å². The fraction of sp³-hybridized carbons (Fsp3) is 0.300. The summed E-state index contributed by atoms with van der Waals surface area (Å²) in [6.07, 6.45) is 9.21. The van der Waals surface area contributed by atoms with Gasteiger partial charge in [-0.05, 0) is 48.2 Å². The normalized spacial score (nSPS) is 15.8. The summed E-state index contributed by atoms with van der Waals surface area (Å²) in [7, 11) is 0. The molecule has 0 unspecified atom stereocenters. The highest BCUT2D eigenvalue weighted by Gasteiger charge is 2.35. The summed E-state index contributed by atoms with van der Waals surface area (Å²) in [5.74, 6) is 1.12. The van der Waals surface area contributed by atoms with E-state index >= 15 is 0 Å². The third-order valence-electron chi connectivity index (χ3n) is 4.85. The zero-order valence-electron chi connectivity index (χ0n) is 13.4. The van der Waals surface area contributed by atoms with Gasteiger partial charge in [0.1, 0.15) is 11.5 Å². The number of benzene rings is 2. The molecule has 120 valence electrons. The van der Waals surface area contributed by atoms with E-state index in [0.717, 1.165) is 12.8 Å². The van der Waals surface area contributed by atoms with Gasteiger partial charge in [-0.1, -0.05) is 43.5 Å². The van der Waals surface area contributed by atoms with Crippen LogP contribution in [0.3, 0.4) is 0 Å². The molecule has 4 heteroatoms. The van der Waals surface area contributed by atoms with Crippen molar-refractivity contribution < 1.29 is 9.47 Å². The average molecular weight is 318 g/mol. The van der Waals surface area contributed by atoms with Crippen LogP contribution in [-0.2, 0) is 5.41 Å². The van der Waals surface area contributed by atoms with Crippen molar-refractivity contribution >= 4 is 0 Å². The first-order valence-corrected chi connectivity index (χ1v) is 8.11. The first-order valence-electron chi connectivity index (χ1n) is 8.11. The minimum atomic E-state index is -0.0331. The Balaban J connectivity index is 1.98. The molecule has 0 radical (unpaired) electrons. The van der Waals surface area contributed by atoms with Crippen LogP contribution in [0.4, 0.5) is 0 Å². The predicted octanol–water partition coefficient (Wildman–Crippen LogP) is 4.66. The van der Waals surface area contributed by atoms with Gasteiger partial charge in [-0.15, -0.1) is 10.5 Å². The van der Waals surface area contributed by atoms with Gasteiger partial charge in [0.05, 0.1) is 0 Å². The topological polar surface area (TPSA) is 66.0 Å². The number of ether oxygens (including phenoxy) is 2. The third kappa shape index (κ3) is 3.05. The molecular formula is C20H18N2O2. The van der Waals surface area contributed by atoms with E-state index in [9.17, 15) is 0 Å². The third-order valence-corrected chi connectivity index (χ3v) is 4.85. The molecule has 0 heterocycles. The standard InChI is InChI=1S/C20H18N2O2/c21-14-23-18-8-4-16(5-9-18)20(12-2-1-3-13-20)17-6-10-19(11-7-17)24-15-22/h4-11H,1-3,12-13H2. The molecule has 0 saturated heterocycles. The Kier molecular flexibility index (Phi) is 4.68. The average Bonchev–Trinajstić information content (AvgIpc) is 2.64. The van der Waals surface area contributed by atoms with E-state index in [1.165, 1.54) is 30.4 Å². The molecule has 0 N–H and O–H groups in total. The van der Waals surface area contributed by atoms with E-state index in [-0.39, 0.29) is 5.41 Å². The molecule has 0 atom stereocenters. The van der Waals surface area contributed by atoms with Crippen LogP contribution < -0.4 is 9.47 Å². The predicted molar refractivity (Wildman–Crippen MR) is 89.2 cm³/mol. The maximum Gasteiger partial charge on any atom is 0.292 e. The van der Waals surface area contributed by atoms with Crippen LogP contribution in [0, 0.1) is 23.0 Å². The molecule has 2 aromatic rings. The molecule has 1 saturated carbocycles. The molecule has 2 aromatic carbocycles. The lowest BCUT2D eigenvalue weighted by Gasteiger charge is -2.38. The summed E-state index contributed by atoms with van der Waals surface area (Å²) in [6, 6.07) is 15.6. The Morgan fingerprint density at radius 3 is 1.46 bits per heavy atom. The van der Waals surface area contributed by atoms with Crippen molar-refractivity contribution in [2.24, 2.45) is 0 Å². The fourth-order valence-electron chi connectivity index (χ4n) is 3.69. The van der Waals surface area contributed by atoms with Crippen molar-refractivity contribution in [1.29, 1.82) is 10.5 Å². The lowest BCUT2D eigenvalue weighted by molar-refractivity contribution is 0.345. The summed E-state index contributed by atoms with van der Waals surface area (Å²) >= 11 is 0. The summed E-state index contributed by atoms with van der Waals surface area (Å²) in [5, 5.41) is 17.3. The van der Waals surface area contributed by atoms with E-state index in [1.807, 2.05) is 24.3 Å². The largest absolute Gasteiger partial charge is 0.388 e. The summed E-state index contributed by atoms with van der Waals surface area (Å²) in [4.78, 5) is 0. The van der Waals surface area contributed by atoms with Crippen LogP contribution in [0.1, 0.15) is 43.2 Å². The SMILES string of the molecule is N#COc1ccc(C2(c3ccc(OC#N)cc3)CCCCC2)cc1. The molecule has 1 fully saturated rings. The van der Waals surface area contributed by atoms with Gasteiger partial charge in [0, 0.05) is 5.41 Å². The Morgan fingerprint density at radius 2 is 1.08 bits per heavy atom. The summed E-state index contributed by atoms with van der Waals surface area (Å²) in [5.41, 5.74) is 2.44. The van der Waals surface area contributed by atoms with Crippen molar-refractivity contribution in [1.82, 2.24) is 0 Å². The maximum absolute atomic E-state index is 8.63. The number of nitriles is 2. The zero-order valence-corrected chi connectivity index (χ0v) is 13.4. The molecule has 1 aliphatic carbocycles. The van der Waals surface area contributed by atoms with Gasteiger partial charge in [0.25, 0.3) is 12.5 Å². The molecule has 0 spiro atoms. The zero-order chi connectivity index (χ0) is 16.8. The van der Waals surface area contributed by atoms with Crippen LogP contribution in [0.5, 0.6) is 11.5 Å². The Morgan fingerprint density at radius 1 is 0.667 bits per heavy atom. The van der Waals surface area contributed by atoms with Crippen molar-refractivity contribution in [3.63, 3.8) is 0 Å². The molecule has 0 bridgehead atoms. The Hall–Kier alpha value is -2.98. The molecular weight excluding hydrogens is 300 g/mol. The van der Waals surface area contributed by atoms with E-state index in [2.05, 4.69) is 24.3 Å². The maximum atomic E-state index is 8.63. The number of rotatable bonds is 4. The van der Waals surface area contributed by atoms with Crippen molar-refractivity contribution in [2.45, 2.75) is 37.5 Å². The first-order chi connectivity index (χ1) is 11.8. The smallest absolute Gasteiger partial charge is 0.292 e. The van der Waals surface area contributed by atoms with Crippen LogP contribution in [0.15, 0.2) is 48.5 Å². The second-order valence-electron chi connectivity index (χ2n) is 6.08. The highest BCUT2D eigenvalue weighted by atomic mass is 16.5. The van der Waals surface area contributed by atoms with Crippen molar-refractivity contribution in [2.75, 3.05) is 0 Å². The molecule has 0 aromatic heterocycles. The highest BCUT2D eigenvalue weighted by molar-refractivity contribution is 5.44. The van der Waals surface area contributed by atoms with Crippen LogP contribution in [0.2, 0.25) is 0 Å². The Bertz CT molecular complexity index is 700. The van der Waals surface area contributed by atoms with Gasteiger partial charge in [-0.3, -0.25) is 0 Å². The minimum Gasteiger partial charge on any atom is -0.388 e. The first kappa shape index (κ1) is 15.9.